The number of hydrogen-bond donors (Lipinski definition) is 0. The van der Waals surface area contributed by atoms with E-state index in [4.69, 9.17) is 9.97 Å². The molecule has 0 fully saturated rings. The molecule has 0 amide bonds. The lowest BCUT2D eigenvalue weighted by Crippen LogP contribution is -2.14. The molecule has 0 saturated heterocycles. The first-order valence-corrected chi connectivity index (χ1v) is 19.0. The molecule has 0 bridgehead atoms. The van der Waals surface area contributed by atoms with Crippen molar-refractivity contribution in [1.29, 1.82) is 0 Å². The number of fused-ring (bicyclic) bond motifs is 4. The SMILES string of the molecule is CC1(C)c2cc3ccccc3cc2-c2c(-c3ccc(-c4cc(-c5ccc(-c6ccccc6)c(-c6ccccc6)c5)nc(-c5ccccc5)n4)cc3)cccc21. The molecule has 0 N–H and O–H groups in total. The molecule has 0 spiro atoms. The maximum atomic E-state index is 5.19. The van der Waals surface area contributed by atoms with Crippen LogP contribution in [0.15, 0.2) is 194 Å². The summed E-state index contributed by atoms with van der Waals surface area (Å²) in [5, 5.41) is 2.56. The van der Waals surface area contributed by atoms with Crippen LogP contribution in [0.3, 0.4) is 0 Å². The van der Waals surface area contributed by atoms with Gasteiger partial charge in [-0.3, -0.25) is 0 Å². The van der Waals surface area contributed by atoms with Gasteiger partial charge in [0.15, 0.2) is 5.82 Å². The highest BCUT2D eigenvalue weighted by Gasteiger charge is 2.37. The minimum absolute atomic E-state index is 0.0878. The Kier molecular flexibility index (Phi) is 7.85. The molecular weight excluding hydrogens is 665 g/mol. The average molecular weight is 703 g/mol. The van der Waals surface area contributed by atoms with Gasteiger partial charge < -0.3 is 0 Å². The van der Waals surface area contributed by atoms with E-state index in [1.165, 1.54) is 66.4 Å². The largest absolute Gasteiger partial charge is 0.228 e. The molecule has 0 radical (unpaired) electrons. The van der Waals surface area contributed by atoms with Gasteiger partial charge in [0.1, 0.15) is 0 Å². The van der Waals surface area contributed by atoms with E-state index in [9.17, 15) is 0 Å². The molecule has 0 aliphatic heterocycles. The Balaban J connectivity index is 1.09. The van der Waals surface area contributed by atoms with Crippen molar-refractivity contribution < 1.29 is 0 Å². The van der Waals surface area contributed by atoms with Gasteiger partial charge in [0.25, 0.3) is 0 Å². The number of hydrogen-bond acceptors (Lipinski definition) is 2. The van der Waals surface area contributed by atoms with Gasteiger partial charge in [0.05, 0.1) is 11.4 Å². The second-order valence-electron chi connectivity index (χ2n) is 15.0. The summed E-state index contributed by atoms with van der Waals surface area (Å²) >= 11 is 0. The van der Waals surface area contributed by atoms with Crippen LogP contribution in [0, 0.1) is 0 Å². The van der Waals surface area contributed by atoms with Crippen LogP contribution in [0.4, 0.5) is 0 Å². The summed E-state index contributed by atoms with van der Waals surface area (Å²) in [6.45, 7) is 4.71. The average Bonchev–Trinajstić information content (AvgIpc) is 3.48. The summed E-state index contributed by atoms with van der Waals surface area (Å²) in [6.07, 6.45) is 0. The predicted octanol–water partition coefficient (Wildman–Crippen LogP) is 13.9. The summed E-state index contributed by atoms with van der Waals surface area (Å²) in [7, 11) is 0. The highest BCUT2D eigenvalue weighted by molar-refractivity contribution is 5.98. The van der Waals surface area contributed by atoms with E-state index >= 15 is 0 Å². The van der Waals surface area contributed by atoms with E-state index in [1.54, 1.807) is 0 Å². The molecule has 1 aromatic heterocycles. The third kappa shape index (κ3) is 5.75. The number of rotatable bonds is 6. The fourth-order valence-corrected chi connectivity index (χ4v) is 8.42. The van der Waals surface area contributed by atoms with Crippen molar-refractivity contribution in [3.63, 3.8) is 0 Å². The standard InChI is InChI=1S/C53H38N2/c1-53(2)47-24-14-23-44(51(47)46-31-40-21-12-13-22-41(40)33-48(46)53)37-25-27-38(28-26-37)49-34-50(55-52(54-49)39-19-10-5-11-20-39)42-29-30-43(35-15-6-3-7-16-35)45(32-42)36-17-8-4-9-18-36/h3-34H,1-2H3. The zero-order chi connectivity index (χ0) is 36.9. The molecule has 260 valence electrons. The van der Waals surface area contributed by atoms with Gasteiger partial charge in [-0.1, -0.05) is 184 Å². The third-order valence-corrected chi connectivity index (χ3v) is 11.3. The monoisotopic (exact) mass is 702 g/mol. The lowest BCUT2D eigenvalue weighted by Gasteiger charge is -2.22. The number of benzene rings is 8. The summed E-state index contributed by atoms with van der Waals surface area (Å²) in [6, 6.07) is 69.5. The smallest absolute Gasteiger partial charge is 0.160 e. The van der Waals surface area contributed by atoms with Crippen LogP contribution in [0.1, 0.15) is 25.0 Å². The summed E-state index contributed by atoms with van der Waals surface area (Å²) < 4.78 is 0. The van der Waals surface area contributed by atoms with Gasteiger partial charge in [0.2, 0.25) is 0 Å². The molecule has 1 heterocycles. The Bertz CT molecular complexity index is 2860. The minimum atomic E-state index is -0.0878. The van der Waals surface area contributed by atoms with Crippen molar-refractivity contribution in [3.8, 4) is 78.4 Å². The predicted molar refractivity (Wildman–Crippen MR) is 230 cm³/mol. The maximum Gasteiger partial charge on any atom is 0.160 e. The van der Waals surface area contributed by atoms with Crippen LogP contribution in [0.25, 0.3) is 89.2 Å². The molecular formula is C53H38N2. The Morgan fingerprint density at radius 1 is 0.327 bits per heavy atom. The van der Waals surface area contributed by atoms with Crippen LogP contribution < -0.4 is 0 Å². The van der Waals surface area contributed by atoms with Gasteiger partial charge in [-0.05, 0) is 90.7 Å². The lowest BCUT2D eigenvalue weighted by atomic mass is 9.81. The second kappa shape index (κ2) is 13.2. The van der Waals surface area contributed by atoms with Crippen molar-refractivity contribution in [1.82, 2.24) is 9.97 Å². The van der Waals surface area contributed by atoms with Crippen LogP contribution in [-0.2, 0) is 5.41 Å². The Morgan fingerprint density at radius 3 is 1.53 bits per heavy atom. The van der Waals surface area contributed by atoms with Gasteiger partial charge in [-0.2, -0.15) is 0 Å². The fraction of sp³-hybridized carbons (Fsp3) is 0.0566. The molecule has 55 heavy (non-hydrogen) atoms. The topological polar surface area (TPSA) is 25.8 Å². The molecule has 10 rings (SSSR count). The quantitative estimate of drug-likeness (QED) is 0.172. The first-order chi connectivity index (χ1) is 27.0. The maximum absolute atomic E-state index is 5.19. The van der Waals surface area contributed by atoms with Crippen molar-refractivity contribution in [3.05, 3.63) is 205 Å². The highest BCUT2D eigenvalue weighted by Crippen LogP contribution is 2.53. The van der Waals surface area contributed by atoms with Crippen molar-refractivity contribution >= 4 is 10.8 Å². The van der Waals surface area contributed by atoms with Crippen molar-refractivity contribution in [2.75, 3.05) is 0 Å². The molecule has 0 atom stereocenters. The first-order valence-electron chi connectivity index (χ1n) is 19.0. The van der Waals surface area contributed by atoms with Gasteiger partial charge in [0, 0.05) is 22.1 Å². The van der Waals surface area contributed by atoms with Crippen LogP contribution in [0.5, 0.6) is 0 Å². The van der Waals surface area contributed by atoms with Crippen molar-refractivity contribution in [2.45, 2.75) is 19.3 Å². The van der Waals surface area contributed by atoms with E-state index in [1.807, 2.05) is 18.2 Å². The van der Waals surface area contributed by atoms with Crippen LogP contribution in [-0.4, -0.2) is 9.97 Å². The van der Waals surface area contributed by atoms with E-state index in [0.717, 1.165) is 28.1 Å². The first kappa shape index (κ1) is 32.7. The molecule has 2 heteroatoms. The normalized spacial score (nSPS) is 12.7. The van der Waals surface area contributed by atoms with Crippen molar-refractivity contribution in [2.24, 2.45) is 0 Å². The minimum Gasteiger partial charge on any atom is -0.228 e. The zero-order valence-corrected chi connectivity index (χ0v) is 30.9. The Morgan fingerprint density at radius 2 is 0.855 bits per heavy atom. The second-order valence-corrected chi connectivity index (χ2v) is 15.0. The molecule has 2 nitrogen and oxygen atoms in total. The third-order valence-electron chi connectivity index (χ3n) is 11.3. The van der Waals surface area contributed by atoms with E-state index in [-0.39, 0.29) is 5.41 Å². The molecule has 9 aromatic rings. The summed E-state index contributed by atoms with van der Waals surface area (Å²) in [5.41, 5.74) is 17.4. The summed E-state index contributed by atoms with van der Waals surface area (Å²) in [4.78, 5) is 10.4. The van der Waals surface area contributed by atoms with E-state index in [0.29, 0.717) is 5.82 Å². The summed E-state index contributed by atoms with van der Waals surface area (Å²) in [5.74, 6) is 0.706. The Hall–Kier alpha value is -6.90. The lowest BCUT2D eigenvalue weighted by molar-refractivity contribution is 0.661. The molecule has 8 aromatic carbocycles. The van der Waals surface area contributed by atoms with Crippen LogP contribution in [0.2, 0.25) is 0 Å². The van der Waals surface area contributed by atoms with Gasteiger partial charge in [-0.25, -0.2) is 9.97 Å². The number of aromatic nitrogens is 2. The molecule has 0 unspecified atom stereocenters. The van der Waals surface area contributed by atoms with E-state index in [2.05, 4.69) is 190 Å². The molecule has 0 saturated carbocycles. The Labute approximate surface area is 322 Å². The van der Waals surface area contributed by atoms with E-state index < -0.39 is 0 Å². The molecule has 1 aliphatic carbocycles. The van der Waals surface area contributed by atoms with Crippen LogP contribution >= 0.6 is 0 Å². The number of nitrogens with zero attached hydrogens (tertiary/aromatic N) is 2. The fourth-order valence-electron chi connectivity index (χ4n) is 8.42. The molecule has 1 aliphatic rings. The van der Waals surface area contributed by atoms with Gasteiger partial charge >= 0.3 is 0 Å². The highest BCUT2D eigenvalue weighted by atomic mass is 14.9. The van der Waals surface area contributed by atoms with Gasteiger partial charge in [-0.15, -0.1) is 0 Å². The zero-order valence-electron chi connectivity index (χ0n) is 30.9.